The van der Waals surface area contributed by atoms with Gasteiger partial charge in [-0.15, -0.1) is 0 Å². The van der Waals surface area contributed by atoms with Crippen molar-refractivity contribution in [3.8, 4) is 0 Å². The Morgan fingerprint density at radius 1 is 0.771 bits per heavy atom. The van der Waals surface area contributed by atoms with Gasteiger partial charge in [0.25, 0.3) is 0 Å². The molecule has 35 heavy (non-hydrogen) atoms. The van der Waals surface area contributed by atoms with Gasteiger partial charge in [0.2, 0.25) is 27.8 Å². The zero-order chi connectivity index (χ0) is 24.6. The van der Waals surface area contributed by atoms with Gasteiger partial charge in [-0.05, 0) is 50.5 Å². The SMILES string of the molecule is Cc1cc(N2CCN(S(=O)(=O)c3ccc(N4C(=O)CCC4=O)cc3)CC2)nc(N2CCCCC2)n1. The first-order chi connectivity index (χ1) is 16.8. The zero-order valence-electron chi connectivity index (χ0n) is 19.9. The second-order valence-corrected chi connectivity index (χ2v) is 11.2. The third kappa shape index (κ3) is 4.74. The minimum Gasteiger partial charge on any atom is -0.354 e. The number of nitrogens with zero attached hydrogens (tertiary/aromatic N) is 6. The highest BCUT2D eigenvalue weighted by molar-refractivity contribution is 7.89. The quantitative estimate of drug-likeness (QED) is 0.576. The Hall–Kier alpha value is -3.05. The average Bonchev–Trinajstić information content (AvgIpc) is 3.22. The highest BCUT2D eigenvalue weighted by Crippen LogP contribution is 2.27. The number of rotatable bonds is 5. The highest BCUT2D eigenvalue weighted by Gasteiger charge is 2.32. The van der Waals surface area contributed by atoms with Crippen molar-refractivity contribution in [1.29, 1.82) is 0 Å². The molecule has 0 spiro atoms. The normalized spacial score (nSPS) is 20.1. The third-order valence-electron chi connectivity index (χ3n) is 6.81. The summed E-state index contributed by atoms with van der Waals surface area (Å²) in [5.41, 5.74) is 1.31. The molecule has 3 saturated heterocycles. The summed E-state index contributed by atoms with van der Waals surface area (Å²) in [6.07, 6.45) is 3.91. The molecule has 0 unspecified atom stereocenters. The van der Waals surface area contributed by atoms with E-state index in [1.54, 1.807) is 0 Å². The van der Waals surface area contributed by atoms with Crippen molar-refractivity contribution in [2.45, 2.75) is 43.9 Å². The maximum atomic E-state index is 13.2. The predicted molar refractivity (Wildman–Crippen MR) is 132 cm³/mol. The lowest BCUT2D eigenvalue weighted by Crippen LogP contribution is -2.49. The lowest BCUT2D eigenvalue weighted by Gasteiger charge is -2.35. The van der Waals surface area contributed by atoms with Crippen LogP contribution in [-0.4, -0.2) is 73.8 Å². The fourth-order valence-electron chi connectivity index (χ4n) is 4.87. The molecule has 0 radical (unpaired) electrons. The topological polar surface area (TPSA) is 107 Å². The van der Waals surface area contributed by atoms with E-state index < -0.39 is 10.0 Å². The second-order valence-electron chi connectivity index (χ2n) is 9.22. The number of amides is 2. The van der Waals surface area contributed by atoms with Crippen LogP contribution in [0.25, 0.3) is 0 Å². The van der Waals surface area contributed by atoms with Gasteiger partial charge in [0.15, 0.2) is 0 Å². The number of hydrogen-bond donors (Lipinski definition) is 0. The molecular weight excluding hydrogens is 468 g/mol. The number of carbonyl (C=O) groups excluding carboxylic acids is 2. The van der Waals surface area contributed by atoms with E-state index in [2.05, 4.69) is 14.8 Å². The summed E-state index contributed by atoms with van der Waals surface area (Å²) < 4.78 is 27.9. The summed E-state index contributed by atoms with van der Waals surface area (Å²) >= 11 is 0. The molecule has 2 aromatic rings. The number of aromatic nitrogens is 2. The summed E-state index contributed by atoms with van der Waals surface area (Å²) in [5.74, 6) is 1.07. The van der Waals surface area contributed by atoms with E-state index in [0.717, 1.165) is 48.3 Å². The van der Waals surface area contributed by atoms with Gasteiger partial charge >= 0.3 is 0 Å². The number of carbonyl (C=O) groups is 2. The molecule has 0 aliphatic carbocycles. The predicted octanol–water partition coefficient (Wildman–Crippen LogP) is 1.94. The largest absolute Gasteiger partial charge is 0.354 e. The molecule has 0 saturated carbocycles. The Bertz CT molecular complexity index is 1200. The monoisotopic (exact) mass is 498 g/mol. The highest BCUT2D eigenvalue weighted by atomic mass is 32.2. The molecule has 3 aliphatic heterocycles. The van der Waals surface area contributed by atoms with Crippen LogP contribution in [0.1, 0.15) is 37.8 Å². The molecule has 186 valence electrons. The van der Waals surface area contributed by atoms with Crippen molar-refractivity contribution < 1.29 is 18.0 Å². The van der Waals surface area contributed by atoms with Crippen molar-refractivity contribution in [1.82, 2.24) is 14.3 Å². The van der Waals surface area contributed by atoms with Crippen LogP contribution in [0.2, 0.25) is 0 Å². The number of aryl methyl sites for hydroxylation is 1. The van der Waals surface area contributed by atoms with Crippen molar-refractivity contribution in [2.24, 2.45) is 0 Å². The molecule has 1 aromatic carbocycles. The maximum Gasteiger partial charge on any atom is 0.243 e. The summed E-state index contributed by atoms with van der Waals surface area (Å²) in [6.45, 7) is 5.65. The van der Waals surface area contributed by atoms with Gasteiger partial charge in [-0.25, -0.2) is 13.4 Å². The summed E-state index contributed by atoms with van der Waals surface area (Å²) in [5, 5.41) is 0. The van der Waals surface area contributed by atoms with Crippen LogP contribution >= 0.6 is 0 Å². The number of imide groups is 1. The standard InChI is InChI=1S/C24H30N6O4S/c1-18-17-21(26-24(25-18)28-11-3-2-4-12-28)27-13-15-29(16-14-27)35(33,34)20-7-5-19(6-8-20)30-22(31)9-10-23(30)32/h5-8,17H,2-4,9-16H2,1H3. The lowest BCUT2D eigenvalue weighted by atomic mass is 10.1. The first-order valence-corrected chi connectivity index (χ1v) is 13.6. The fourth-order valence-corrected chi connectivity index (χ4v) is 6.29. The molecule has 4 heterocycles. The van der Waals surface area contributed by atoms with Crippen molar-refractivity contribution in [3.05, 3.63) is 36.0 Å². The van der Waals surface area contributed by atoms with E-state index >= 15 is 0 Å². The average molecular weight is 499 g/mol. The van der Waals surface area contributed by atoms with Gasteiger partial charge in [-0.1, -0.05) is 0 Å². The van der Waals surface area contributed by atoms with Crippen LogP contribution in [0, 0.1) is 6.92 Å². The second kappa shape index (κ2) is 9.54. The van der Waals surface area contributed by atoms with Crippen LogP contribution in [-0.2, 0) is 19.6 Å². The van der Waals surface area contributed by atoms with Gasteiger partial charge in [0, 0.05) is 63.9 Å². The van der Waals surface area contributed by atoms with E-state index in [1.165, 1.54) is 35.0 Å². The number of sulfonamides is 1. The van der Waals surface area contributed by atoms with Crippen molar-refractivity contribution >= 4 is 39.3 Å². The maximum absolute atomic E-state index is 13.2. The van der Waals surface area contributed by atoms with Crippen LogP contribution in [0.15, 0.2) is 35.2 Å². The van der Waals surface area contributed by atoms with E-state index in [-0.39, 0.29) is 29.6 Å². The number of hydrogen-bond acceptors (Lipinski definition) is 8. The molecule has 2 amide bonds. The molecule has 1 aromatic heterocycles. The number of piperidine rings is 1. The number of anilines is 3. The van der Waals surface area contributed by atoms with Crippen molar-refractivity contribution in [2.75, 3.05) is 54.0 Å². The first kappa shape index (κ1) is 23.7. The Kier molecular flexibility index (Phi) is 6.45. The minimum absolute atomic E-state index is 0.152. The lowest BCUT2D eigenvalue weighted by molar-refractivity contribution is -0.121. The zero-order valence-corrected chi connectivity index (χ0v) is 20.7. The van der Waals surface area contributed by atoms with E-state index in [0.29, 0.717) is 31.9 Å². The van der Waals surface area contributed by atoms with Crippen molar-refractivity contribution in [3.63, 3.8) is 0 Å². The summed E-state index contributed by atoms with van der Waals surface area (Å²) in [4.78, 5) is 39.0. The van der Waals surface area contributed by atoms with Gasteiger partial charge < -0.3 is 9.80 Å². The molecule has 0 atom stereocenters. The molecule has 5 rings (SSSR count). The number of piperazine rings is 1. The first-order valence-electron chi connectivity index (χ1n) is 12.1. The number of benzene rings is 1. The molecule has 3 fully saturated rings. The van der Waals surface area contributed by atoms with Gasteiger partial charge in [-0.3, -0.25) is 14.5 Å². The van der Waals surface area contributed by atoms with Gasteiger partial charge in [0.05, 0.1) is 10.6 Å². The van der Waals surface area contributed by atoms with Crippen LogP contribution < -0.4 is 14.7 Å². The molecule has 0 bridgehead atoms. The minimum atomic E-state index is -3.69. The van der Waals surface area contributed by atoms with E-state index in [9.17, 15) is 18.0 Å². The molecule has 10 nitrogen and oxygen atoms in total. The third-order valence-corrected chi connectivity index (χ3v) is 8.73. The Balaban J connectivity index is 1.26. The molecule has 0 N–H and O–H groups in total. The van der Waals surface area contributed by atoms with Gasteiger partial charge in [-0.2, -0.15) is 9.29 Å². The van der Waals surface area contributed by atoms with Crippen LogP contribution in [0.3, 0.4) is 0 Å². The van der Waals surface area contributed by atoms with Gasteiger partial charge in [0.1, 0.15) is 5.82 Å². The summed E-state index contributed by atoms with van der Waals surface area (Å²) in [6, 6.07) is 7.94. The van der Waals surface area contributed by atoms with Crippen LogP contribution in [0.4, 0.5) is 17.5 Å². The Morgan fingerprint density at radius 2 is 1.40 bits per heavy atom. The molecular formula is C24H30N6O4S. The van der Waals surface area contributed by atoms with E-state index in [4.69, 9.17) is 4.98 Å². The molecule has 3 aliphatic rings. The molecule has 11 heteroatoms. The van der Waals surface area contributed by atoms with E-state index in [1.807, 2.05) is 13.0 Å². The summed E-state index contributed by atoms with van der Waals surface area (Å²) in [7, 11) is -3.69. The van der Waals surface area contributed by atoms with Crippen LogP contribution in [0.5, 0.6) is 0 Å². The smallest absolute Gasteiger partial charge is 0.243 e. The fraction of sp³-hybridized carbons (Fsp3) is 0.500. The Morgan fingerprint density at radius 3 is 2.03 bits per heavy atom. The Labute approximate surface area is 205 Å².